The van der Waals surface area contributed by atoms with Crippen molar-refractivity contribution in [3.63, 3.8) is 0 Å². The van der Waals surface area contributed by atoms with E-state index in [0.717, 1.165) is 66.1 Å². The van der Waals surface area contributed by atoms with E-state index in [-0.39, 0.29) is 0 Å². The van der Waals surface area contributed by atoms with Gasteiger partial charge in [-0.05, 0) is 71.8 Å². The van der Waals surface area contributed by atoms with Crippen LogP contribution in [0.25, 0.3) is 55.0 Å². The first kappa shape index (κ1) is 23.6. The van der Waals surface area contributed by atoms with Crippen LogP contribution in [-0.4, -0.2) is 17.6 Å². The van der Waals surface area contributed by atoms with Gasteiger partial charge in [-0.2, -0.15) is 0 Å². The normalized spacial score (nSPS) is 14.0. The average Bonchev–Trinajstić information content (AvgIpc) is 3.53. The summed E-state index contributed by atoms with van der Waals surface area (Å²) < 4.78 is 33.3. The predicted molar refractivity (Wildman–Crippen MR) is 170 cm³/mol. The van der Waals surface area contributed by atoms with E-state index in [1.807, 2.05) is 72.8 Å². The summed E-state index contributed by atoms with van der Waals surface area (Å²) in [6.45, 7) is 0. The van der Waals surface area contributed by atoms with Crippen LogP contribution >= 0.6 is 0 Å². The maximum absolute atomic E-state index is 14.5. The number of fused-ring (bicyclic) bond motifs is 8. The molecule has 0 N–H and O–H groups in total. The van der Waals surface area contributed by atoms with E-state index in [1.165, 1.54) is 0 Å². The van der Waals surface area contributed by atoms with Gasteiger partial charge in [-0.25, -0.2) is 8.42 Å². The molecule has 0 radical (unpaired) electrons. The highest BCUT2D eigenvalue weighted by Gasteiger charge is 2.32. The molecule has 5 heteroatoms. The van der Waals surface area contributed by atoms with E-state index in [0.29, 0.717) is 16.2 Å². The van der Waals surface area contributed by atoms with Gasteiger partial charge in [0.05, 0.1) is 31.9 Å². The SMILES string of the molecule is O=S1(=O)c2cc3c(cc2Cc2cc4c5ccccc5n(-c5ccccc5)c4cc21)c1ccccc1n3-c1ccccc1. The van der Waals surface area contributed by atoms with E-state index >= 15 is 0 Å². The van der Waals surface area contributed by atoms with Crippen molar-refractivity contribution < 1.29 is 8.42 Å². The van der Waals surface area contributed by atoms with Crippen LogP contribution in [0.5, 0.6) is 0 Å². The lowest BCUT2D eigenvalue weighted by Crippen LogP contribution is -2.15. The molecule has 0 spiro atoms. The van der Waals surface area contributed by atoms with Gasteiger partial charge in [0, 0.05) is 39.3 Å². The van der Waals surface area contributed by atoms with Crippen molar-refractivity contribution in [2.24, 2.45) is 0 Å². The van der Waals surface area contributed by atoms with Gasteiger partial charge < -0.3 is 9.13 Å². The predicted octanol–water partition coefficient (Wildman–Crippen LogP) is 8.62. The summed E-state index contributed by atoms with van der Waals surface area (Å²) in [7, 11) is -3.78. The molecule has 0 unspecified atom stereocenters. The van der Waals surface area contributed by atoms with Gasteiger partial charge in [-0.3, -0.25) is 0 Å². The molecule has 4 nitrogen and oxygen atoms in total. The summed E-state index contributed by atoms with van der Waals surface area (Å²) in [5, 5.41) is 4.36. The standard InChI is InChI=1S/C37H24N2O2S/c40-42(41)36-22-34-30(28-15-7-9-17-32(28)38(34)26-11-3-1-4-12-26)20-24(36)19-25-21-31-29-16-8-10-18-33(29)39(35(31)23-37(25)42)27-13-5-2-6-14-27/h1-18,20-23H,19H2. The van der Waals surface area contributed by atoms with Gasteiger partial charge in [0.2, 0.25) is 9.84 Å². The van der Waals surface area contributed by atoms with Crippen LogP contribution in [0.2, 0.25) is 0 Å². The van der Waals surface area contributed by atoms with Crippen LogP contribution in [0.4, 0.5) is 0 Å². The van der Waals surface area contributed by atoms with Crippen molar-refractivity contribution in [3.05, 3.63) is 145 Å². The summed E-state index contributed by atoms with van der Waals surface area (Å²) in [6, 6.07) is 44.9. The number of hydrogen-bond donors (Lipinski definition) is 0. The number of aromatic nitrogens is 2. The Morgan fingerprint density at radius 1 is 0.429 bits per heavy atom. The first-order valence-electron chi connectivity index (χ1n) is 14.1. The zero-order valence-electron chi connectivity index (χ0n) is 22.5. The first-order chi connectivity index (χ1) is 20.6. The third-order valence-corrected chi connectivity index (χ3v) is 10.6. The van der Waals surface area contributed by atoms with Crippen molar-refractivity contribution in [1.82, 2.24) is 9.13 Å². The minimum absolute atomic E-state index is 0.393. The third-order valence-electron chi connectivity index (χ3n) is 8.70. The zero-order valence-corrected chi connectivity index (χ0v) is 23.3. The summed E-state index contributed by atoms with van der Waals surface area (Å²) in [5.41, 5.74) is 7.61. The number of hydrogen-bond acceptors (Lipinski definition) is 2. The Bertz CT molecular complexity index is 2320. The molecule has 8 aromatic rings. The van der Waals surface area contributed by atoms with E-state index in [1.54, 1.807) is 0 Å². The molecule has 200 valence electrons. The second-order valence-electron chi connectivity index (χ2n) is 11.0. The maximum atomic E-state index is 14.5. The lowest BCUT2D eigenvalue weighted by atomic mass is 10.00. The van der Waals surface area contributed by atoms with Crippen LogP contribution in [0.15, 0.2) is 143 Å². The van der Waals surface area contributed by atoms with Gasteiger partial charge in [0.25, 0.3) is 0 Å². The fraction of sp³-hybridized carbons (Fsp3) is 0.0270. The Labute approximate surface area is 242 Å². The second kappa shape index (κ2) is 8.44. The van der Waals surface area contributed by atoms with E-state index in [2.05, 4.69) is 69.8 Å². The van der Waals surface area contributed by atoms with Crippen molar-refractivity contribution in [3.8, 4) is 11.4 Å². The Morgan fingerprint density at radius 3 is 1.29 bits per heavy atom. The Kier molecular flexibility index (Phi) is 4.74. The van der Waals surface area contributed by atoms with Crippen LogP contribution in [-0.2, 0) is 16.3 Å². The van der Waals surface area contributed by atoms with Gasteiger partial charge >= 0.3 is 0 Å². The average molecular weight is 561 g/mol. The number of benzene rings is 6. The van der Waals surface area contributed by atoms with Crippen molar-refractivity contribution in [1.29, 1.82) is 0 Å². The molecule has 6 aromatic carbocycles. The summed E-state index contributed by atoms with van der Waals surface area (Å²) >= 11 is 0. The molecule has 0 bridgehead atoms. The molecular weight excluding hydrogens is 536 g/mol. The monoisotopic (exact) mass is 560 g/mol. The number of sulfone groups is 1. The van der Waals surface area contributed by atoms with Crippen molar-refractivity contribution in [2.45, 2.75) is 16.2 Å². The van der Waals surface area contributed by atoms with E-state index in [4.69, 9.17) is 0 Å². The molecule has 42 heavy (non-hydrogen) atoms. The van der Waals surface area contributed by atoms with Crippen LogP contribution in [0.1, 0.15) is 11.1 Å². The lowest BCUT2D eigenvalue weighted by Gasteiger charge is -2.21. The molecule has 3 heterocycles. The molecular formula is C37H24N2O2S. The molecule has 0 atom stereocenters. The molecule has 1 aliphatic rings. The molecule has 0 aliphatic carbocycles. The smallest absolute Gasteiger partial charge is 0.207 e. The minimum Gasteiger partial charge on any atom is -0.309 e. The lowest BCUT2D eigenvalue weighted by molar-refractivity contribution is 0.592. The van der Waals surface area contributed by atoms with Crippen molar-refractivity contribution >= 4 is 53.4 Å². The van der Waals surface area contributed by atoms with Crippen LogP contribution in [0.3, 0.4) is 0 Å². The Hall–Kier alpha value is -5.13. The Balaban J connectivity index is 1.35. The molecule has 0 amide bonds. The highest BCUT2D eigenvalue weighted by Crippen LogP contribution is 2.43. The highest BCUT2D eigenvalue weighted by atomic mass is 32.2. The third kappa shape index (κ3) is 3.14. The number of nitrogens with zero attached hydrogens (tertiary/aromatic N) is 2. The molecule has 2 aromatic heterocycles. The quantitative estimate of drug-likeness (QED) is 0.212. The van der Waals surface area contributed by atoms with Crippen LogP contribution in [0, 0.1) is 0 Å². The molecule has 1 aliphatic heterocycles. The number of rotatable bonds is 2. The van der Waals surface area contributed by atoms with E-state index < -0.39 is 9.84 Å². The van der Waals surface area contributed by atoms with E-state index in [9.17, 15) is 8.42 Å². The van der Waals surface area contributed by atoms with Crippen LogP contribution < -0.4 is 0 Å². The number of para-hydroxylation sites is 4. The second-order valence-corrected chi connectivity index (χ2v) is 12.9. The topological polar surface area (TPSA) is 44.0 Å². The van der Waals surface area contributed by atoms with Gasteiger partial charge in [-0.15, -0.1) is 0 Å². The first-order valence-corrected chi connectivity index (χ1v) is 15.6. The fourth-order valence-corrected chi connectivity index (χ4v) is 8.62. The summed E-state index contributed by atoms with van der Waals surface area (Å²) in [5.74, 6) is 0. The molecule has 0 fully saturated rings. The van der Waals surface area contributed by atoms with Gasteiger partial charge in [0.15, 0.2) is 0 Å². The fourth-order valence-electron chi connectivity index (χ4n) is 6.89. The van der Waals surface area contributed by atoms with Gasteiger partial charge in [-0.1, -0.05) is 72.8 Å². The maximum Gasteiger partial charge on any atom is 0.207 e. The Morgan fingerprint density at radius 2 is 0.833 bits per heavy atom. The van der Waals surface area contributed by atoms with Crippen molar-refractivity contribution in [2.75, 3.05) is 0 Å². The molecule has 0 saturated heterocycles. The zero-order chi connectivity index (χ0) is 28.0. The molecule has 9 rings (SSSR count). The minimum atomic E-state index is -3.78. The largest absolute Gasteiger partial charge is 0.309 e. The highest BCUT2D eigenvalue weighted by molar-refractivity contribution is 7.91. The van der Waals surface area contributed by atoms with Gasteiger partial charge in [0.1, 0.15) is 0 Å². The summed E-state index contributed by atoms with van der Waals surface area (Å²) in [6.07, 6.45) is 0.561. The molecule has 0 saturated carbocycles. The summed E-state index contributed by atoms with van der Waals surface area (Å²) in [4.78, 5) is 0.786.